The molecular weight excluding hydrogens is 886 g/mol. The van der Waals surface area contributed by atoms with E-state index in [-0.39, 0.29) is 37.3 Å². The number of aromatic nitrogens is 3. The maximum absolute atomic E-state index is 14.5. The summed E-state index contributed by atoms with van der Waals surface area (Å²) in [7, 11) is 3.39. The Morgan fingerprint density at radius 2 is 1.78 bits per heavy atom. The number of likely N-dealkylation sites (tertiary alicyclic amines) is 1. The van der Waals surface area contributed by atoms with Gasteiger partial charge in [0.05, 0.1) is 40.2 Å². The van der Waals surface area contributed by atoms with Crippen LogP contribution in [0, 0.1) is 33.8 Å². The zero-order chi connectivity index (χ0) is 50.1. The van der Waals surface area contributed by atoms with Gasteiger partial charge in [0.25, 0.3) is 5.69 Å². The third kappa shape index (κ3) is 13.4. The van der Waals surface area contributed by atoms with Gasteiger partial charge in [0.15, 0.2) is 12.1 Å². The molecule has 3 N–H and O–H groups in total. The molecule has 19 nitrogen and oxygen atoms in total. The molecule has 14 atom stereocenters. The zero-order valence-corrected chi connectivity index (χ0v) is 41.5. The summed E-state index contributed by atoms with van der Waals surface area (Å²) < 4.78 is 40.3. The smallest absolute Gasteiger partial charge is 0.316 e. The zero-order valence-electron chi connectivity index (χ0n) is 41.5. The summed E-state index contributed by atoms with van der Waals surface area (Å²) in [6.45, 7) is 15.5. The Kier molecular flexibility index (Phi) is 19.5. The SMILES string of the molecule is CC[C@H]1OC(=O)[C@H](C)C(=O)[C@H](C)[C@@H](O[C@@H]2O[C@H](C)C[C@H](N(C)CCc3cn(CCc4ccc([N+](=O)[O-])cc4)nn3)[C@H]2O)[C@](C)(OC)C[C@@H](C)C(=NO[C@@H]2CCCN(CCF)C2)[C@H](C)[C@@H](O)[C@]1(C)O. The Hall–Kier alpha value is -4.02. The second-order valence-corrected chi connectivity index (χ2v) is 19.7. The van der Waals surface area contributed by atoms with Crippen molar-refractivity contribution in [1.82, 2.24) is 24.8 Å². The molecule has 0 amide bonds. The van der Waals surface area contributed by atoms with Crippen LogP contribution in [-0.2, 0) is 52.8 Å². The van der Waals surface area contributed by atoms with E-state index in [4.69, 9.17) is 23.8 Å². The molecule has 0 aliphatic carbocycles. The standard InChI is InChI=1S/C48H76FN7O12/c1-11-39-48(8,61)43(59)31(4)40(51-68-37-13-12-21-54(28-37)24-20-49)29(2)26-47(7,64-10)44(32(5)41(57)33(6)45(60)66-39)67-46-42(58)38(25-30(3)65-46)53(9)22-19-35-27-55(52-50-35)23-18-34-14-16-36(17-15-34)56(62)63/h14-17,27,29-33,37-39,42-44,46,58-59,61H,11-13,18-26,28H2,1-10H3/t29-,30-,31+,32+,33-,37-,38+,39-,42-,43-,44-,46+,47-,48-/m1/s1. The summed E-state index contributed by atoms with van der Waals surface area (Å²) >= 11 is 0. The topological polar surface area (TPSA) is 234 Å². The number of carbonyl (C=O) groups excluding carboxylic acids is 2. The minimum atomic E-state index is -1.96. The number of esters is 1. The van der Waals surface area contributed by atoms with Crippen molar-refractivity contribution in [3.63, 3.8) is 0 Å². The van der Waals surface area contributed by atoms with Gasteiger partial charge in [-0.2, -0.15) is 0 Å². The van der Waals surface area contributed by atoms with E-state index in [1.54, 1.807) is 44.5 Å². The number of nitrogens with zero attached hydrogens (tertiary/aromatic N) is 7. The number of rotatable bonds is 16. The maximum atomic E-state index is 14.5. The molecule has 0 bridgehead atoms. The number of aryl methyl sites for hydroxylation is 2. The minimum absolute atomic E-state index is 0.0335. The number of nitro groups is 1. The molecule has 3 aliphatic rings. The van der Waals surface area contributed by atoms with Gasteiger partial charge in [-0.1, -0.05) is 50.2 Å². The molecule has 4 heterocycles. The van der Waals surface area contributed by atoms with E-state index in [1.807, 2.05) is 36.9 Å². The van der Waals surface area contributed by atoms with E-state index >= 15 is 0 Å². The summed E-state index contributed by atoms with van der Waals surface area (Å²) in [6.07, 6.45) is -1.74. The summed E-state index contributed by atoms with van der Waals surface area (Å²) in [4.78, 5) is 49.0. The normalized spacial score (nSPS) is 35.5. The molecule has 1 aromatic carbocycles. The Labute approximate surface area is 399 Å². The van der Waals surface area contributed by atoms with Crippen LogP contribution in [-0.4, -0.2) is 170 Å². The van der Waals surface area contributed by atoms with Crippen molar-refractivity contribution in [2.75, 3.05) is 47.0 Å². The fraction of sp³-hybridized carbons (Fsp3) is 0.771. The number of oxime groups is 1. The number of Topliss-reactive ketones (excluding diaryl/α,β-unsaturated/α-hetero) is 1. The van der Waals surface area contributed by atoms with Gasteiger partial charge >= 0.3 is 5.97 Å². The number of non-ortho nitro benzene ring substituents is 1. The van der Waals surface area contributed by atoms with Crippen molar-refractivity contribution in [2.24, 2.45) is 28.8 Å². The summed E-state index contributed by atoms with van der Waals surface area (Å²) in [6, 6.07) is 5.97. The molecule has 382 valence electrons. The molecule has 1 aromatic heterocycles. The summed E-state index contributed by atoms with van der Waals surface area (Å²) in [5.41, 5.74) is -1.18. The van der Waals surface area contributed by atoms with Crippen LogP contribution in [0.5, 0.6) is 0 Å². The molecular formula is C48H76FN7O12. The van der Waals surface area contributed by atoms with Gasteiger partial charge in [0, 0.05) is 81.8 Å². The highest BCUT2D eigenvalue weighted by Gasteiger charge is 2.52. The molecule has 68 heavy (non-hydrogen) atoms. The average Bonchev–Trinajstić information content (AvgIpc) is 3.78. The van der Waals surface area contributed by atoms with Gasteiger partial charge in [-0.15, -0.1) is 5.10 Å². The van der Waals surface area contributed by atoms with Crippen LogP contribution in [0.25, 0.3) is 0 Å². The van der Waals surface area contributed by atoms with Gasteiger partial charge < -0.3 is 44.0 Å². The van der Waals surface area contributed by atoms with E-state index in [1.165, 1.54) is 33.1 Å². The Bertz CT molecular complexity index is 1990. The van der Waals surface area contributed by atoms with Crippen LogP contribution >= 0.6 is 0 Å². The molecule has 3 fully saturated rings. The number of hydrogen-bond donors (Lipinski definition) is 3. The summed E-state index contributed by atoms with van der Waals surface area (Å²) in [5, 5.41) is 60.2. The highest BCUT2D eigenvalue weighted by molar-refractivity contribution is 6.00. The summed E-state index contributed by atoms with van der Waals surface area (Å²) in [5.74, 6) is -5.09. The molecule has 3 saturated heterocycles. The van der Waals surface area contributed by atoms with Crippen LogP contribution in [0.4, 0.5) is 10.1 Å². The third-order valence-corrected chi connectivity index (χ3v) is 14.5. The second-order valence-electron chi connectivity index (χ2n) is 19.7. The predicted molar refractivity (Wildman–Crippen MR) is 249 cm³/mol. The Morgan fingerprint density at radius 3 is 2.43 bits per heavy atom. The van der Waals surface area contributed by atoms with Crippen molar-refractivity contribution < 1.29 is 58.0 Å². The molecule has 3 aliphatic heterocycles. The predicted octanol–water partition coefficient (Wildman–Crippen LogP) is 4.32. The van der Waals surface area contributed by atoms with Crippen molar-refractivity contribution in [3.8, 4) is 0 Å². The number of alkyl halides is 1. The molecule has 0 spiro atoms. The number of likely N-dealkylation sites (N-methyl/N-ethyl adjacent to an activating group) is 1. The first-order valence-electron chi connectivity index (χ1n) is 24.2. The number of nitro benzene ring substituents is 1. The van der Waals surface area contributed by atoms with E-state index < -0.39 is 95.0 Å². The quantitative estimate of drug-likeness (QED) is 0.0920. The van der Waals surface area contributed by atoms with Crippen LogP contribution < -0.4 is 0 Å². The van der Waals surface area contributed by atoms with Crippen molar-refractivity contribution in [1.29, 1.82) is 0 Å². The highest BCUT2D eigenvalue weighted by atomic mass is 19.1. The lowest BCUT2D eigenvalue weighted by Gasteiger charge is -2.47. The molecule has 20 heteroatoms. The van der Waals surface area contributed by atoms with Gasteiger partial charge in [-0.05, 0) is 85.4 Å². The first-order valence-corrected chi connectivity index (χ1v) is 24.2. The van der Waals surface area contributed by atoms with E-state index in [2.05, 4.69) is 15.5 Å². The second kappa shape index (κ2) is 24.2. The van der Waals surface area contributed by atoms with Gasteiger partial charge in [-0.25, -0.2) is 4.39 Å². The number of benzene rings is 1. The number of aliphatic hydroxyl groups is 3. The first-order chi connectivity index (χ1) is 32.1. The van der Waals surface area contributed by atoms with Gasteiger partial charge in [-0.3, -0.25) is 29.3 Å². The molecule has 2 aromatic rings. The number of methoxy groups -OCH3 is 1. The first kappa shape index (κ1) is 54.9. The molecule has 0 radical (unpaired) electrons. The number of piperidine rings is 1. The number of ketones is 1. The fourth-order valence-electron chi connectivity index (χ4n) is 10.1. The van der Waals surface area contributed by atoms with Gasteiger partial charge in [0.2, 0.25) is 0 Å². The number of ether oxygens (including phenoxy) is 4. The van der Waals surface area contributed by atoms with Crippen LogP contribution in [0.3, 0.4) is 0 Å². The van der Waals surface area contributed by atoms with E-state index in [0.717, 1.165) is 24.2 Å². The maximum Gasteiger partial charge on any atom is 0.316 e. The minimum Gasteiger partial charge on any atom is -0.459 e. The number of aliphatic hydroxyl groups excluding tert-OH is 2. The lowest BCUT2D eigenvalue weighted by molar-refractivity contribution is -0.384. The Morgan fingerprint density at radius 1 is 1.07 bits per heavy atom. The van der Waals surface area contributed by atoms with Crippen molar-refractivity contribution in [2.45, 2.75) is 167 Å². The molecule has 0 unspecified atom stereocenters. The van der Waals surface area contributed by atoms with E-state index in [9.17, 15) is 39.4 Å². The van der Waals surface area contributed by atoms with E-state index in [0.29, 0.717) is 51.0 Å². The largest absolute Gasteiger partial charge is 0.459 e. The number of halogens is 1. The number of cyclic esters (lactones) is 1. The van der Waals surface area contributed by atoms with Crippen LogP contribution in [0.1, 0.15) is 98.8 Å². The molecule has 5 rings (SSSR count). The fourth-order valence-corrected chi connectivity index (χ4v) is 10.1. The lowest BCUT2D eigenvalue weighted by atomic mass is 9.74. The van der Waals surface area contributed by atoms with Crippen LogP contribution in [0.15, 0.2) is 35.6 Å². The Balaban J connectivity index is 1.39. The highest BCUT2D eigenvalue weighted by Crippen LogP contribution is 2.39. The monoisotopic (exact) mass is 962 g/mol. The lowest BCUT2D eigenvalue weighted by Crippen LogP contribution is -2.60. The average molecular weight is 962 g/mol. The molecule has 0 saturated carbocycles. The third-order valence-electron chi connectivity index (χ3n) is 14.5. The van der Waals surface area contributed by atoms with Gasteiger partial charge in [0.1, 0.15) is 36.5 Å². The number of carbonyl (C=O) groups is 2. The van der Waals surface area contributed by atoms with Crippen molar-refractivity contribution in [3.05, 3.63) is 51.8 Å². The van der Waals surface area contributed by atoms with Crippen molar-refractivity contribution >= 4 is 23.2 Å². The van der Waals surface area contributed by atoms with Crippen LogP contribution in [0.2, 0.25) is 0 Å². The number of hydrogen-bond acceptors (Lipinski definition) is 17.